The average Bonchev–Trinajstić information content (AvgIpc) is 2.37. The third-order valence-corrected chi connectivity index (χ3v) is 1.45. The number of hydrogen-bond acceptors (Lipinski definition) is 3. The Morgan fingerprint density at radius 2 is 2.55 bits per heavy atom. The van der Waals surface area contributed by atoms with Gasteiger partial charge in [-0.2, -0.15) is 0 Å². The van der Waals surface area contributed by atoms with Crippen molar-refractivity contribution in [2.75, 3.05) is 26.4 Å². The molecule has 1 N–H and O–H groups in total. The fraction of sp³-hybridized carbons (Fsp3) is 0.833. The van der Waals surface area contributed by atoms with Crippen molar-refractivity contribution in [1.29, 1.82) is 0 Å². The smallest absolute Gasteiger partial charge is 0.410 e. The van der Waals surface area contributed by atoms with Crippen molar-refractivity contribution in [2.24, 2.45) is 0 Å². The van der Waals surface area contributed by atoms with E-state index in [-0.39, 0.29) is 6.54 Å². The predicted molar refractivity (Wildman–Crippen MR) is 34.9 cm³/mol. The van der Waals surface area contributed by atoms with Crippen LogP contribution in [0.1, 0.15) is 0 Å². The maximum absolute atomic E-state index is 11.7. The molecule has 0 aromatic carbocycles. The van der Waals surface area contributed by atoms with E-state index >= 15 is 0 Å². The van der Waals surface area contributed by atoms with Crippen molar-refractivity contribution in [3.63, 3.8) is 0 Å². The van der Waals surface area contributed by atoms with E-state index in [0.717, 1.165) is 0 Å². The Bertz CT molecular complexity index is 153. The Kier molecular flexibility index (Phi) is 2.64. The van der Waals surface area contributed by atoms with E-state index in [1.54, 1.807) is 0 Å². The highest BCUT2D eigenvalue weighted by Gasteiger charge is 2.23. The molecule has 0 saturated carbocycles. The van der Waals surface area contributed by atoms with Crippen LogP contribution < -0.4 is 0 Å². The van der Waals surface area contributed by atoms with Crippen molar-refractivity contribution in [2.45, 2.75) is 6.10 Å². The molecule has 1 heterocycles. The Morgan fingerprint density at radius 3 is 3.00 bits per heavy atom. The number of alkyl halides is 1. The number of amides is 1. The second-order valence-electron chi connectivity index (χ2n) is 2.37. The first-order valence-electron chi connectivity index (χ1n) is 3.39. The van der Waals surface area contributed by atoms with Crippen LogP contribution in [0.15, 0.2) is 0 Å². The van der Waals surface area contributed by atoms with Gasteiger partial charge in [-0.15, -0.1) is 0 Å². The van der Waals surface area contributed by atoms with Crippen molar-refractivity contribution in [3.05, 3.63) is 0 Å². The summed E-state index contributed by atoms with van der Waals surface area (Å²) in [7, 11) is 0. The molecule has 64 valence electrons. The predicted octanol–water partition coefficient (Wildman–Crippen LogP) is -0.231. The van der Waals surface area contributed by atoms with Gasteiger partial charge in [-0.1, -0.05) is 0 Å². The SMILES string of the molecule is O=C1OCCN1CC(O)CF. The van der Waals surface area contributed by atoms with Gasteiger partial charge in [0.1, 0.15) is 13.3 Å². The summed E-state index contributed by atoms with van der Waals surface area (Å²) in [4.78, 5) is 12.0. The van der Waals surface area contributed by atoms with Crippen LogP contribution in [-0.4, -0.2) is 48.6 Å². The Hall–Kier alpha value is -0.840. The number of ether oxygens (including phenoxy) is 1. The molecule has 1 aliphatic heterocycles. The van der Waals surface area contributed by atoms with E-state index in [9.17, 15) is 9.18 Å². The summed E-state index contributed by atoms with van der Waals surface area (Å²) >= 11 is 0. The van der Waals surface area contributed by atoms with Gasteiger partial charge in [0.2, 0.25) is 0 Å². The van der Waals surface area contributed by atoms with E-state index in [4.69, 9.17) is 5.11 Å². The van der Waals surface area contributed by atoms with Crippen LogP contribution >= 0.6 is 0 Å². The van der Waals surface area contributed by atoms with E-state index in [2.05, 4.69) is 4.74 Å². The highest BCUT2D eigenvalue weighted by Crippen LogP contribution is 2.03. The zero-order valence-corrected chi connectivity index (χ0v) is 5.99. The van der Waals surface area contributed by atoms with Crippen LogP contribution in [0, 0.1) is 0 Å². The van der Waals surface area contributed by atoms with Crippen LogP contribution in [0.5, 0.6) is 0 Å². The van der Waals surface area contributed by atoms with Gasteiger partial charge in [-0.3, -0.25) is 0 Å². The van der Waals surface area contributed by atoms with Crippen molar-refractivity contribution >= 4 is 6.09 Å². The lowest BCUT2D eigenvalue weighted by Crippen LogP contribution is -2.34. The second-order valence-corrected chi connectivity index (χ2v) is 2.37. The lowest BCUT2D eigenvalue weighted by Gasteiger charge is -2.14. The van der Waals surface area contributed by atoms with Gasteiger partial charge in [0, 0.05) is 0 Å². The summed E-state index contributed by atoms with van der Waals surface area (Å²) in [5.74, 6) is 0. The molecule has 1 atom stereocenters. The largest absolute Gasteiger partial charge is 0.448 e. The quantitative estimate of drug-likeness (QED) is 0.625. The molecule has 1 fully saturated rings. The fourth-order valence-electron chi connectivity index (χ4n) is 0.895. The molecule has 1 unspecified atom stereocenters. The van der Waals surface area contributed by atoms with Crippen LogP contribution in [0.2, 0.25) is 0 Å². The zero-order chi connectivity index (χ0) is 8.27. The first-order chi connectivity index (χ1) is 5.24. The number of carbonyl (C=O) groups is 1. The number of aliphatic hydroxyl groups excluding tert-OH is 1. The summed E-state index contributed by atoms with van der Waals surface area (Å²) in [6.45, 7) is -0.0349. The average molecular weight is 163 g/mol. The molecule has 0 radical (unpaired) electrons. The normalized spacial score (nSPS) is 20.2. The van der Waals surface area contributed by atoms with E-state index in [0.29, 0.717) is 13.2 Å². The lowest BCUT2D eigenvalue weighted by atomic mass is 10.3. The number of cyclic esters (lactones) is 1. The fourth-order valence-corrected chi connectivity index (χ4v) is 0.895. The molecule has 4 nitrogen and oxygen atoms in total. The van der Waals surface area contributed by atoms with E-state index in [1.807, 2.05) is 0 Å². The highest BCUT2D eigenvalue weighted by atomic mass is 19.1. The van der Waals surface area contributed by atoms with Crippen molar-refractivity contribution in [1.82, 2.24) is 4.90 Å². The van der Waals surface area contributed by atoms with Crippen LogP contribution in [0.4, 0.5) is 9.18 Å². The summed E-state index contributed by atoms with van der Waals surface area (Å²) in [6.07, 6.45) is -1.56. The molecule has 0 aromatic rings. The summed E-state index contributed by atoms with van der Waals surface area (Å²) < 4.78 is 16.3. The molecule has 1 amide bonds. The minimum absolute atomic E-state index is 0.0231. The van der Waals surface area contributed by atoms with Gasteiger partial charge >= 0.3 is 6.09 Å². The summed E-state index contributed by atoms with van der Waals surface area (Å²) in [6, 6.07) is 0. The van der Waals surface area contributed by atoms with Gasteiger partial charge in [0.25, 0.3) is 0 Å². The molecule has 1 aliphatic rings. The number of halogens is 1. The third-order valence-electron chi connectivity index (χ3n) is 1.45. The summed E-state index contributed by atoms with van der Waals surface area (Å²) in [5.41, 5.74) is 0. The van der Waals surface area contributed by atoms with Crippen molar-refractivity contribution in [3.8, 4) is 0 Å². The van der Waals surface area contributed by atoms with Gasteiger partial charge in [-0.25, -0.2) is 9.18 Å². The maximum atomic E-state index is 11.7. The molecule has 11 heavy (non-hydrogen) atoms. The number of nitrogens with zero attached hydrogens (tertiary/aromatic N) is 1. The molecule has 1 rings (SSSR count). The lowest BCUT2D eigenvalue weighted by molar-refractivity contribution is 0.0993. The van der Waals surface area contributed by atoms with Crippen LogP contribution in [-0.2, 0) is 4.74 Å². The minimum atomic E-state index is -1.08. The van der Waals surface area contributed by atoms with Gasteiger partial charge in [0.05, 0.1) is 19.2 Å². The molecule has 1 saturated heterocycles. The first kappa shape index (κ1) is 8.26. The van der Waals surface area contributed by atoms with E-state index in [1.165, 1.54) is 4.90 Å². The Morgan fingerprint density at radius 1 is 1.82 bits per heavy atom. The minimum Gasteiger partial charge on any atom is -0.448 e. The summed E-state index contributed by atoms with van der Waals surface area (Å²) in [5, 5.41) is 8.81. The number of β-amino-alcohol motifs (C(OH)–C–C–N with tert-alkyl or cyclic N) is 1. The highest BCUT2D eigenvalue weighted by molar-refractivity contribution is 5.69. The van der Waals surface area contributed by atoms with Gasteiger partial charge in [0.15, 0.2) is 0 Å². The molecule has 0 bridgehead atoms. The number of aliphatic hydroxyl groups is 1. The zero-order valence-electron chi connectivity index (χ0n) is 5.99. The molecule has 0 aromatic heterocycles. The Labute approximate surface area is 63.6 Å². The van der Waals surface area contributed by atoms with Gasteiger partial charge in [-0.05, 0) is 0 Å². The topological polar surface area (TPSA) is 49.8 Å². The van der Waals surface area contributed by atoms with Crippen LogP contribution in [0.25, 0.3) is 0 Å². The second kappa shape index (κ2) is 3.52. The molecule has 0 aliphatic carbocycles. The molecular weight excluding hydrogens is 153 g/mol. The third kappa shape index (κ3) is 2.04. The van der Waals surface area contributed by atoms with Crippen molar-refractivity contribution < 1.29 is 19.0 Å². The maximum Gasteiger partial charge on any atom is 0.410 e. The molecule has 5 heteroatoms. The number of rotatable bonds is 3. The molecule has 0 spiro atoms. The monoisotopic (exact) mass is 163 g/mol. The van der Waals surface area contributed by atoms with E-state index < -0.39 is 18.9 Å². The molecular formula is C6H10FNO3. The number of hydrogen-bond donors (Lipinski definition) is 1. The first-order valence-corrected chi connectivity index (χ1v) is 3.39. The van der Waals surface area contributed by atoms with Crippen LogP contribution in [0.3, 0.4) is 0 Å². The Balaban J connectivity index is 2.30. The van der Waals surface area contributed by atoms with Gasteiger partial charge < -0.3 is 14.7 Å². The number of carbonyl (C=O) groups excluding carboxylic acids is 1. The standard InChI is InChI=1S/C6H10FNO3/c7-3-5(9)4-8-1-2-11-6(8)10/h5,9H,1-4H2.